The van der Waals surface area contributed by atoms with Crippen LogP contribution >= 0.6 is 0 Å². The van der Waals surface area contributed by atoms with Gasteiger partial charge in [-0.05, 0) is 62.4 Å². The Balaban J connectivity index is 0.000000212. The summed E-state index contributed by atoms with van der Waals surface area (Å²) in [5, 5.41) is 11.4. The van der Waals surface area contributed by atoms with Crippen molar-refractivity contribution in [2.24, 2.45) is 0 Å². The Morgan fingerprint density at radius 2 is 1.60 bits per heavy atom. The molecule has 0 aliphatic carbocycles. The van der Waals surface area contributed by atoms with Gasteiger partial charge in [0, 0.05) is 31.5 Å². The van der Waals surface area contributed by atoms with Crippen molar-refractivity contribution in [3.63, 3.8) is 0 Å². The summed E-state index contributed by atoms with van der Waals surface area (Å²) < 4.78 is 17.8. The van der Waals surface area contributed by atoms with Crippen LogP contribution in [0.4, 0.5) is 15.8 Å². The molecular formula is C20H24FN3O. The molecule has 2 atom stereocenters. The van der Waals surface area contributed by atoms with Gasteiger partial charge < -0.3 is 15.0 Å². The molecule has 1 heterocycles. The first kappa shape index (κ1) is 18.8. The molecule has 2 aromatic rings. The summed E-state index contributed by atoms with van der Waals surface area (Å²) in [6.45, 7) is 6.21. The van der Waals surface area contributed by atoms with Crippen LogP contribution < -0.4 is 10.2 Å². The minimum atomic E-state index is -0.311. The molecule has 3 rings (SSSR count). The van der Waals surface area contributed by atoms with Gasteiger partial charge in [0.1, 0.15) is 5.82 Å². The fourth-order valence-electron chi connectivity index (χ4n) is 2.75. The lowest BCUT2D eigenvalue weighted by Crippen LogP contribution is -2.45. The number of nitrogens with one attached hydrogen (secondary N) is 1. The average Bonchev–Trinajstić information content (AvgIpc) is 2.62. The van der Waals surface area contributed by atoms with Gasteiger partial charge in [0.15, 0.2) is 0 Å². The van der Waals surface area contributed by atoms with E-state index >= 15 is 0 Å². The third kappa shape index (κ3) is 5.77. The van der Waals surface area contributed by atoms with E-state index in [9.17, 15) is 4.39 Å². The molecular weight excluding hydrogens is 317 g/mol. The molecule has 2 aromatic carbocycles. The van der Waals surface area contributed by atoms with Crippen molar-refractivity contribution in [3.8, 4) is 6.07 Å². The van der Waals surface area contributed by atoms with Gasteiger partial charge in [0.2, 0.25) is 0 Å². The Bertz CT molecular complexity index is 684. The summed E-state index contributed by atoms with van der Waals surface area (Å²) in [5.74, 6) is -0.311. The largest absolute Gasteiger partial charge is 0.388 e. The van der Waals surface area contributed by atoms with E-state index in [2.05, 4.69) is 48.3 Å². The van der Waals surface area contributed by atoms with Gasteiger partial charge in [0.25, 0.3) is 0 Å². The predicted molar refractivity (Wildman–Crippen MR) is 99.3 cm³/mol. The lowest BCUT2D eigenvalue weighted by molar-refractivity contribution is -0.00521. The zero-order valence-corrected chi connectivity index (χ0v) is 14.9. The molecule has 0 saturated carbocycles. The lowest BCUT2D eigenvalue weighted by Gasteiger charge is -2.36. The van der Waals surface area contributed by atoms with E-state index in [1.807, 2.05) is 13.1 Å². The van der Waals surface area contributed by atoms with E-state index in [4.69, 9.17) is 10.00 Å². The van der Waals surface area contributed by atoms with E-state index in [0.29, 0.717) is 17.8 Å². The van der Waals surface area contributed by atoms with Crippen molar-refractivity contribution in [2.75, 3.05) is 30.4 Å². The number of nitrogens with zero attached hydrogens (tertiary/aromatic N) is 2. The summed E-state index contributed by atoms with van der Waals surface area (Å²) >= 11 is 0. The number of rotatable bonds is 2. The van der Waals surface area contributed by atoms with Gasteiger partial charge in [-0.3, -0.25) is 0 Å². The van der Waals surface area contributed by atoms with Gasteiger partial charge in [0.05, 0.1) is 23.8 Å². The summed E-state index contributed by atoms with van der Waals surface area (Å²) in [4.78, 5) is 2.39. The maximum absolute atomic E-state index is 12.1. The average molecular weight is 341 g/mol. The second kappa shape index (κ2) is 9.05. The van der Waals surface area contributed by atoms with Gasteiger partial charge in [-0.2, -0.15) is 5.26 Å². The highest BCUT2D eigenvalue weighted by Gasteiger charge is 2.22. The molecule has 0 bridgehead atoms. The number of anilines is 2. The molecule has 0 amide bonds. The van der Waals surface area contributed by atoms with Crippen molar-refractivity contribution in [1.29, 1.82) is 5.26 Å². The number of ether oxygens (including phenoxy) is 1. The molecule has 1 N–H and O–H groups in total. The van der Waals surface area contributed by atoms with E-state index in [0.717, 1.165) is 18.8 Å². The van der Waals surface area contributed by atoms with Gasteiger partial charge in [-0.25, -0.2) is 4.39 Å². The number of hydrogen-bond donors (Lipinski definition) is 1. The highest BCUT2D eigenvalue weighted by molar-refractivity contribution is 5.55. The Labute approximate surface area is 148 Å². The molecule has 1 aliphatic rings. The van der Waals surface area contributed by atoms with Crippen LogP contribution in [0.2, 0.25) is 0 Å². The Kier molecular flexibility index (Phi) is 6.79. The van der Waals surface area contributed by atoms with Crippen LogP contribution in [-0.4, -0.2) is 32.3 Å². The summed E-state index contributed by atoms with van der Waals surface area (Å²) in [7, 11) is 1.94. The number of hydrogen-bond acceptors (Lipinski definition) is 4. The van der Waals surface area contributed by atoms with E-state index in [1.165, 1.54) is 30.0 Å². The normalized spacial score (nSPS) is 19.4. The van der Waals surface area contributed by atoms with E-state index < -0.39 is 0 Å². The highest BCUT2D eigenvalue weighted by Crippen LogP contribution is 2.21. The summed E-state index contributed by atoms with van der Waals surface area (Å²) in [6.07, 6.45) is 0.625. The van der Waals surface area contributed by atoms with Crippen molar-refractivity contribution in [1.82, 2.24) is 0 Å². The minimum absolute atomic E-state index is 0.311. The number of halogens is 1. The quantitative estimate of drug-likeness (QED) is 0.896. The first-order chi connectivity index (χ1) is 12.0. The van der Waals surface area contributed by atoms with Gasteiger partial charge in [-0.1, -0.05) is 0 Å². The Morgan fingerprint density at radius 1 is 1.04 bits per heavy atom. The molecule has 2 unspecified atom stereocenters. The van der Waals surface area contributed by atoms with Crippen LogP contribution in [0.15, 0.2) is 48.5 Å². The zero-order valence-electron chi connectivity index (χ0n) is 14.9. The van der Waals surface area contributed by atoms with Crippen molar-refractivity contribution in [2.45, 2.75) is 26.1 Å². The Hall–Kier alpha value is -2.58. The summed E-state index contributed by atoms with van der Waals surface area (Å²) in [5.41, 5.74) is 2.91. The molecule has 25 heavy (non-hydrogen) atoms. The number of nitriles is 1. The molecule has 0 spiro atoms. The zero-order chi connectivity index (χ0) is 18.2. The molecule has 0 radical (unpaired) electrons. The number of morpholine rings is 1. The minimum Gasteiger partial charge on any atom is -0.388 e. The standard InChI is InChI=1S/C13H20N2O.C7H4FN/c1-10-8-15(9-11(2)16-10)13-6-4-12(14-3)5-7-13;8-7-3-1-6(5-9)2-4-7/h4-7,10-11,14H,8-9H2,1-3H3;1-4H. The Morgan fingerprint density at radius 3 is 2.08 bits per heavy atom. The van der Waals surface area contributed by atoms with Crippen LogP contribution in [0.5, 0.6) is 0 Å². The maximum Gasteiger partial charge on any atom is 0.123 e. The SMILES string of the molecule is CNc1ccc(N2CC(C)OC(C)C2)cc1.N#Cc1ccc(F)cc1. The molecule has 1 aliphatic heterocycles. The first-order valence-corrected chi connectivity index (χ1v) is 8.35. The number of benzene rings is 2. The molecule has 0 aromatic heterocycles. The molecule has 1 fully saturated rings. The van der Waals surface area contributed by atoms with Crippen LogP contribution in [0, 0.1) is 17.1 Å². The monoisotopic (exact) mass is 341 g/mol. The van der Waals surface area contributed by atoms with Gasteiger partial charge in [-0.15, -0.1) is 0 Å². The molecule has 1 saturated heterocycles. The van der Waals surface area contributed by atoms with Crippen molar-refractivity contribution < 1.29 is 9.13 Å². The van der Waals surface area contributed by atoms with Crippen LogP contribution in [0.1, 0.15) is 19.4 Å². The van der Waals surface area contributed by atoms with Crippen LogP contribution in [0.25, 0.3) is 0 Å². The van der Waals surface area contributed by atoms with Crippen LogP contribution in [0.3, 0.4) is 0 Å². The third-order valence-corrected chi connectivity index (χ3v) is 3.91. The second-order valence-electron chi connectivity index (χ2n) is 6.08. The second-order valence-corrected chi connectivity index (χ2v) is 6.08. The third-order valence-electron chi connectivity index (χ3n) is 3.91. The lowest BCUT2D eigenvalue weighted by atomic mass is 10.2. The fourth-order valence-corrected chi connectivity index (χ4v) is 2.75. The van der Waals surface area contributed by atoms with E-state index in [-0.39, 0.29) is 5.82 Å². The van der Waals surface area contributed by atoms with E-state index in [1.54, 1.807) is 0 Å². The predicted octanol–water partition coefficient (Wildman–Crippen LogP) is 4.04. The summed E-state index contributed by atoms with van der Waals surface area (Å²) in [6, 6.07) is 15.8. The van der Waals surface area contributed by atoms with Crippen molar-refractivity contribution >= 4 is 11.4 Å². The maximum atomic E-state index is 12.1. The van der Waals surface area contributed by atoms with Gasteiger partial charge >= 0.3 is 0 Å². The van der Waals surface area contributed by atoms with Crippen molar-refractivity contribution in [3.05, 3.63) is 59.9 Å². The van der Waals surface area contributed by atoms with Crippen LogP contribution in [-0.2, 0) is 4.74 Å². The smallest absolute Gasteiger partial charge is 0.123 e. The molecule has 132 valence electrons. The molecule has 4 nitrogen and oxygen atoms in total. The first-order valence-electron chi connectivity index (χ1n) is 8.35. The topological polar surface area (TPSA) is 48.3 Å². The fraction of sp³-hybridized carbons (Fsp3) is 0.350. The highest BCUT2D eigenvalue weighted by atomic mass is 19.1. The molecule has 5 heteroatoms.